The molecule has 8 nitrogen and oxygen atoms in total. The van der Waals surface area contributed by atoms with Gasteiger partial charge in [0.2, 0.25) is 0 Å². The van der Waals surface area contributed by atoms with Gasteiger partial charge >= 0.3 is 5.97 Å². The van der Waals surface area contributed by atoms with E-state index in [4.69, 9.17) is 19.5 Å². The smallest absolute Gasteiger partial charge is 0.306 e. The number of unbranched alkanes of at least 4 members (excludes halogenated alkanes) is 2. The fourth-order valence-corrected chi connectivity index (χ4v) is 6.20. The SMILES string of the molecule is C=CC[CH]CCC(=O)O[C@@](Cn1cncn1)(c1ccc(F)cc1F)[C@@H](C)S[C@H]1CO[C@H](/C=C/C=C/c2ccc(C#N)cc2F)OC1. The number of thioether (sulfide) groups is 1. The number of carbonyl (C=O) groups excluding carboxylic acids is 1. The molecule has 2 aromatic carbocycles. The van der Waals surface area contributed by atoms with Crippen LogP contribution in [0.5, 0.6) is 0 Å². The monoisotopic (exact) mass is 651 g/mol. The number of hydrogen-bond donors (Lipinski definition) is 0. The summed E-state index contributed by atoms with van der Waals surface area (Å²) in [5.41, 5.74) is -1.00. The van der Waals surface area contributed by atoms with Gasteiger partial charge in [-0.25, -0.2) is 22.8 Å². The number of carbonyl (C=O) groups is 1. The molecule has 0 saturated carbocycles. The molecule has 1 aliphatic rings. The van der Waals surface area contributed by atoms with Crippen LogP contribution in [0.2, 0.25) is 0 Å². The van der Waals surface area contributed by atoms with E-state index in [0.717, 1.165) is 12.1 Å². The van der Waals surface area contributed by atoms with Crippen LogP contribution in [0, 0.1) is 35.2 Å². The molecule has 0 N–H and O–H groups in total. The van der Waals surface area contributed by atoms with Crippen molar-refractivity contribution < 1.29 is 32.2 Å². The molecular formula is C34H34F3N4O4S. The first-order valence-corrected chi connectivity index (χ1v) is 15.5. The molecule has 1 saturated heterocycles. The van der Waals surface area contributed by atoms with Gasteiger partial charge in [0.15, 0.2) is 11.9 Å². The second kappa shape index (κ2) is 16.9. The van der Waals surface area contributed by atoms with Gasteiger partial charge in [0.25, 0.3) is 0 Å². The van der Waals surface area contributed by atoms with Crippen LogP contribution < -0.4 is 0 Å². The maximum Gasteiger partial charge on any atom is 0.306 e. The number of esters is 1. The van der Waals surface area contributed by atoms with Crippen LogP contribution in [0.1, 0.15) is 42.9 Å². The van der Waals surface area contributed by atoms with Crippen LogP contribution >= 0.6 is 11.8 Å². The minimum atomic E-state index is -1.59. The van der Waals surface area contributed by atoms with Crippen LogP contribution in [-0.2, 0) is 31.2 Å². The zero-order chi connectivity index (χ0) is 32.9. The topological polar surface area (TPSA) is 99.3 Å². The minimum Gasteiger partial charge on any atom is -0.451 e. The molecule has 0 amide bonds. The Balaban J connectivity index is 1.47. The molecular weight excluding hydrogens is 617 g/mol. The highest BCUT2D eigenvalue weighted by molar-refractivity contribution is 8.00. The summed E-state index contributed by atoms with van der Waals surface area (Å²) in [6.07, 6.45) is 13.4. The third-order valence-electron chi connectivity index (χ3n) is 7.16. The van der Waals surface area contributed by atoms with E-state index in [1.165, 1.54) is 53.4 Å². The van der Waals surface area contributed by atoms with Gasteiger partial charge in [-0.1, -0.05) is 30.4 Å². The number of allylic oxidation sites excluding steroid dienone is 3. The summed E-state index contributed by atoms with van der Waals surface area (Å²) >= 11 is 1.39. The number of aromatic nitrogens is 3. The first-order valence-electron chi connectivity index (χ1n) is 14.6. The summed E-state index contributed by atoms with van der Waals surface area (Å²) < 4.78 is 62.9. The summed E-state index contributed by atoms with van der Waals surface area (Å²) in [4.78, 5) is 17.2. The highest BCUT2D eigenvalue weighted by atomic mass is 32.2. The van der Waals surface area contributed by atoms with E-state index in [0.29, 0.717) is 18.4 Å². The van der Waals surface area contributed by atoms with Gasteiger partial charge in [0.1, 0.15) is 30.1 Å². The van der Waals surface area contributed by atoms with Crippen molar-refractivity contribution >= 4 is 23.8 Å². The normalized spacial score (nSPS) is 18.7. The van der Waals surface area contributed by atoms with Gasteiger partial charge in [0, 0.05) is 28.9 Å². The Bertz CT molecular complexity index is 1570. The fraction of sp³-hybridized carbons (Fsp3) is 0.324. The highest BCUT2D eigenvalue weighted by Crippen LogP contribution is 2.42. The lowest BCUT2D eigenvalue weighted by atomic mass is 9.89. The molecule has 1 aromatic heterocycles. The number of ether oxygens (including phenoxy) is 3. The van der Waals surface area contributed by atoms with E-state index in [9.17, 15) is 13.6 Å². The first kappa shape index (κ1) is 34.7. The van der Waals surface area contributed by atoms with Gasteiger partial charge in [-0.2, -0.15) is 10.4 Å². The molecule has 0 bridgehead atoms. The summed E-state index contributed by atoms with van der Waals surface area (Å²) in [6, 6.07) is 9.31. The fourth-order valence-electron chi connectivity index (χ4n) is 4.84. The molecule has 2 heterocycles. The molecule has 0 unspecified atom stereocenters. The molecule has 1 aliphatic heterocycles. The molecule has 3 aromatic rings. The molecule has 2 atom stereocenters. The molecule has 46 heavy (non-hydrogen) atoms. The largest absolute Gasteiger partial charge is 0.451 e. The first-order chi connectivity index (χ1) is 22.2. The minimum absolute atomic E-state index is 0.0109. The van der Waals surface area contributed by atoms with Crippen molar-refractivity contribution in [2.45, 2.75) is 55.1 Å². The molecule has 0 aliphatic carbocycles. The molecule has 0 spiro atoms. The predicted molar refractivity (Wildman–Crippen MR) is 168 cm³/mol. The van der Waals surface area contributed by atoms with Crippen molar-refractivity contribution in [3.8, 4) is 6.07 Å². The quantitative estimate of drug-likeness (QED) is 0.0775. The Morgan fingerprint density at radius 1 is 1.22 bits per heavy atom. The molecule has 4 rings (SSSR count). The second-order valence-corrected chi connectivity index (χ2v) is 12.1. The zero-order valence-corrected chi connectivity index (χ0v) is 26.0. The van der Waals surface area contributed by atoms with Crippen molar-refractivity contribution in [3.63, 3.8) is 0 Å². The standard InChI is InChI=1S/C34H34F3N4O4S/c1-3-4-5-6-10-32(42)45-34(21-41-23-39-22-40-41,29-15-14-27(35)17-31(29)37)24(2)46-28-19-43-33(44-20-28)11-8-7-9-26-13-12-25(18-38)16-30(26)36/h3,5,7-9,11-17,22-24,28,33H,1,4,6,10,19-21H2,2H3/b9-7+,11-8+/t24-,28-,33-,34-/m1/s1. The Hall–Kier alpha value is -4.18. The number of rotatable bonds is 15. The number of benzene rings is 2. The zero-order valence-electron chi connectivity index (χ0n) is 25.2. The summed E-state index contributed by atoms with van der Waals surface area (Å²) in [7, 11) is 0. The highest BCUT2D eigenvalue weighted by Gasteiger charge is 2.46. The average molecular weight is 652 g/mol. The third-order valence-corrected chi connectivity index (χ3v) is 8.61. The van der Waals surface area contributed by atoms with E-state index in [1.54, 1.807) is 37.3 Å². The van der Waals surface area contributed by atoms with Crippen molar-refractivity contribution in [2.24, 2.45) is 0 Å². The summed E-state index contributed by atoms with van der Waals surface area (Å²) in [5, 5.41) is 12.3. The second-order valence-electron chi connectivity index (χ2n) is 10.5. The summed E-state index contributed by atoms with van der Waals surface area (Å²) in [5.74, 6) is -2.66. The van der Waals surface area contributed by atoms with E-state index in [-0.39, 0.29) is 42.6 Å². The van der Waals surface area contributed by atoms with Crippen LogP contribution in [0.25, 0.3) is 6.08 Å². The number of hydrogen-bond acceptors (Lipinski definition) is 8. The Labute approximate surface area is 270 Å². The Kier molecular flexibility index (Phi) is 12.8. The molecule has 12 heteroatoms. The Morgan fingerprint density at radius 3 is 2.70 bits per heavy atom. The molecule has 1 fully saturated rings. The van der Waals surface area contributed by atoms with Gasteiger partial charge < -0.3 is 14.2 Å². The average Bonchev–Trinajstić information content (AvgIpc) is 3.55. The maximum absolute atomic E-state index is 15.5. The van der Waals surface area contributed by atoms with Gasteiger partial charge in [-0.3, -0.25) is 4.79 Å². The van der Waals surface area contributed by atoms with E-state index < -0.39 is 40.6 Å². The molecule has 1 radical (unpaired) electrons. The van der Waals surface area contributed by atoms with Crippen molar-refractivity contribution in [1.82, 2.24) is 14.8 Å². The van der Waals surface area contributed by atoms with Crippen LogP contribution in [0.4, 0.5) is 13.2 Å². The predicted octanol–water partition coefficient (Wildman–Crippen LogP) is 6.70. The van der Waals surface area contributed by atoms with Crippen LogP contribution in [0.3, 0.4) is 0 Å². The molecule has 241 valence electrons. The number of halogens is 3. The lowest BCUT2D eigenvalue weighted by Gasteiger charge is -2.40. The maximum atomic E-state index is 15.5. The lowest BCUT2D eigenvalue weighted by Crippen LogP contribution is -2.47. The Morgan fingerprint density at radius 2 is 2.02 bits per heavy atom. The van der Waals surface area contributed by atoms with Gasteiger partial charge in [-0.15, -0.1) is 18.3 Å². The summed E-state index contributed by atoms with van der Waals surface area (Å²) in [6.45, 7) is 5.95. The number of nitrogens with zero attached hydrogens (tertiary/aromatic N) is 4. The number of nitriles is 1. The lowest BCUT2D eigenvalue weighted by molar-refractivity contribution is -0.163. The van der Waals surface area contributed by atoms with Gasteiger partial charge in [0.05, 0.1) is 36.6 Å². The van der Waals surface area contributed by atoms with E-state index in [1.807, 2.05) is 12.5 Å². The van der Waals surface area contributed by atoms with Crippen LogP contribution in [0.15, 0.2) is 79.9 Å². The van der Waals surface area contributed by atoms with E-state index >= 15 is 4.39 Å². The van der Waals surface area contributed by atoms with E-state index in [2.05, 4.69) is 16.7 Å². The van der Waals surface area contributed by atoms with Crippen molar-refractivity contribution in [1.29, 1.82) is 5.26 Å². The van der Waals surface area contributed by atoms with Crippen LogP contribution in [-0.4, -0.2) is 50.7 Å². The van der Waals surface area contributed by atoms with Crippen molar-refractivity contribution in [3.05, 3.63) is 120 Å². The van der Waals surface area contributed by atoms with Crippen molar-refractivity contribution in [2.75, 3.05) is 13.2 Å². The third kappa shape index (κ3) is 9.42. The van der Waals surface area contributed by atoms with Gasteiger partial charge in [-0.05, 0) is 56.5 Å².